The molecule has 1 atom stereocenters. The third-order valence-electron chi connectivity index (χ3n) is 3.42. The topological polar surface area (TPSA) is 95.9 Å². The van der Waals surface area contributed by atoms with Gasteiger partial charge in [-0.15, -0.1) is 0 Å². The molecule has 1 saturated heterocycles. The minimum atomic E-state index is -1.05. The van der Waals surface area contributed by atoms with Crippen LogP contribution >= 0.6 is 11.6 Å². The molecule has 0 aromatic carbocycles. The number of carboxylic acid groups (broad SMARTS) is 1. The zero-order chi connectivity index (χ0) is 18.1. The first kappa shape index (κ1) is 18.3. The van der Waals surface area contributed by atoms with Crippen LogP contribution in [0.2, 0.25) is 5.28 Å². The molecule has 0 bridgehead atoms. The summed E-state index contributed by atoms with van der Waals surface area (Å²) in [6.45, 7) is 7.70. The van der Waals surface area contributed by atoms with Crippen LogP contribution in [0.4, 0.5) is 10.6 Å². The fourth-order valence-corrected chi connectivity index (χ4v) is 2.64. The lowest BCUT2D eigenvalue weighted by Gasteiger charge is -2.40. The van der Waals surface area contributed by atoms with Gasteiger partial charge in [-0.2, -0.15) is 0 Å². The normalized spacial score (nSPS) is 18.5. The number of hydrogen-bond donors (Lipinski definition) is 1. The number of aryl methyl sites for hydroxylation is 1. The maximum atomic E-state index is 12.2. The van der Waals surface area contributed by atoms with Gasteiger partial charge in [0.25, 0.3) is 0 Å². The van der Waals surface area contributed by atoms with Crippen molar-refractivity contribution in [2.75, 3.05) is 24.5 Å². The molecule has 1 unspecified atom stereocenters. The molecule has 1 fully saturated rings. The number of aliphatic carboxylic acids is 1. The molecule has 0 spiro atoms. The maximum absolute atomic E-state index is 12.2. The number of aromatic nitrogens is 2. The second-order valence-corrected chi connectivity index (χ2v) is 6.95. The average Bonchev–Trinajstić information content (AvgIpc) is 2.43. The number of rotatable bonds is 2. The first-order valence-electron chi connectivity index (χ1n) is 7.55. The Bertz CT molecular complexity index is 627. The van der Waals surface area contributed by atoms with E-state index in [0.717, 1.165) is 0 Å². The third-order valence-corrected chi connectivity index (χ3v) is 3.59. The van der Waals surface area contributed by atoms with Gasteiger partial charge in [0.05, 0.1) is 6.54 Å². The number of carbonyl (C=O) groups excluding carboxylic acids is 1. The van der Waals surface area contributed by atoms with Crippen LogP contribution in [0.15, 0.2) is 6.07 Å². The zero-order valence-corrected chi connectivity index (χ0v) is 14.9. The second-order valence-electron chi connectivity index (χ2n) is 6.61. The van der Waals surface area contributed by atoms with Gasteiger partial charge < -0.3 is 19.6 Å². The highest BCUT2D eigenvalue weighted by atomic mass is 35.5. The average molecular weight is 357 g/mol. The fraction of sp³-hybridized carbons (Fsp3) is 0.600. The molecule has 24 heavy (non-hydrogen) atoms. The molecule has 1 aliphatic heterocycles. The van der Waals surface area contributed by atoms with Crippen LogP contribution in [0.5, 0.6) is 0 Å². The smallest absolute Gasteiger partial charge is 0.410 e. The molecular weight excluding hydrogens is 336 g/mol. The van der Waals surface area contributed by atoms with Gasteiger partial charge in [0.1, 0.15) is 17.5 Å². The summed E-state index contributed by atoms with van der Waals surface area (Å²) >= 11 is 5.87. The zero-order valence-electron chi connectivity index (χ0n) is 14.1. The molecule has 9 heteroatoms. The minimum absolute atomic E-state index is 0.00488. The van der Waals surface area contributed by atoms with Gasteiger partial charge in [-0.1, -0.05) is 0 Å². The van der Waals surface area contributed by atoms with Crippen molar-refractivity contribution in [3.8, 4) is 0 Å². The summed E-state index contributed by atoms with van der Waals surface area (Å²) in [6, 6.07) is 0.738. The molecule has 0 aliphatic carbocycles. The monoisotopic (exact) mass is 356 g/mol. The number of hydrogen-bond acceptors (Lipinski definition) is 6. The molecule has 1 N–H and O–H groups in total. The molecule has 2 heterocycles. The number of carbonyl (C=O) groups is 2. The lowest BCUT2D eigenvalue weighted by molar-refractivity contribution is -0.139. The lowest BCUT2D eigenvalue weighted by Crippen LogP contribution is -2.58. The van der Waals surface area contributed by atoms with Gasteiger partial charge in [0.2, 0.25) is 5.28 Å². The summed E-state index contributed by atoms with van der Waals surface area (Å²) in [6.07, 6.45) is -0.523. The van der Waals surface area contributed by atoms with E-state index in [0.29, 0.717) is 24.6 Å². The van der Waals surface area contributed by atoms with Crippen molar-refractivity contribution in [3.05, 3.63) is 17.0 Å². The summed E-state index contributed by atoms with van der Waals surface area (Å²) in [7, 11) is 0. The Morgan fingerprint density at radius 3 is 2.54 bits per heavy atom. The number of amides is 1. The Kier molecular flexibility index (Phi) is 5.17. The number of halogens is 1. The molecule has 2 rings (SSSR count). The van der Waals surface area contributed by atoms with Gasteiger partial charge in [0, 0.05) is 24.8 Å². The maximum Gasteiger partial charge on any atom is 0.410 e. The molecule has 8 nitrogen and oxygen atoms in total. The van der Waals surface area contributed by atoms with E-state index in [1.807, 2.05) is 0 Å². The van der Waals surface area contributed by atoms with Gasteiger partial charge in [-0.25, -0.2) is 19.6 Å². The van der Waals surface area contributed by atoms with E-state index >= 15 is 0 Å². The quantitative estimate of drug-likeness (QED) is 0.809. The van der Waals surface area contributed by atoms with Crippen LogP contribution in [0.1, 0.15) is 26.5 Å². The van der Waals surface area contributed by atoms with Crippen LogP contribution < -0.4 is 4.90 Å². The highest BCUT2D eigenvalue weighted by molar-refractivity contribution is 6.28. The van der Waals surface area contributed by atoms with Crippen molar-refractivity contribution in [2.24, 2.45) is 0 Å². The Morgan fingerprint density at radius 1 is 1.33 bits per heavy atom. The van der Waals surface area contributed by atoms with E-state index in [2.05, 4.69) is 9.97 Å². The lowest BCUT2D eigenvalue weighted by atomic mass is 10.1. The van der Waals surface area contributed by atoms with E-state index < -0.39 is 23.7 Å². The molecular formula is C15H21ClN4O4. The van der Waals surface area contributed by atoms with Gasteiger partial charge in [-0.05, 0) is 39.3 Å². The van der Waals surface area contributed by atoms with Crippen LogP contribution in [-0.4, -0.2) is 63.3 Å². The predicted molar refractivity (Wildman–Crippen MR) is 88.4 cm³/mol. The van der Waals surface area contributed by atoms with Crippen molar-refractivity contribution in [2.45, 2.75) is 39.3 Å². The molecule has 1 aromatic rings. The Labute approximate surface area is 145 Å². The second kappa shape index (κ2) is 6.80. The third kappa shape index (κ3) is 4.47. The van der Waals surface area contributed by atoms with Crippen LogP contribution in [0.3, 0.4) is 0 Å². The summed E-state index contributed by atoms with van der Waals surface area (Å²) in [5, 5.41) is 9.60. The fourth-order valence-electron chi connectivity index (χ4n) is 2.42. The first-order valence-corrected chi connectivity index (χ1v) is 7.93. The largest absolute Gasteiger partial charge is 0.480 e. The number of piperazine rings is 1. The van der Waals surface area contributed by atoms with Crippen molar-refractivity contribution in [3.63, 3.8) is 0 Å². The molecule has 1 aliphatic rings. The molecule has 1 aromatic heterocycles. The van der Waals surface area contributed by atoms with E-state index in [4.69, 9.17) is 16.3 Å². The van der Waals surface area contributed by atoms with Crippen LogP contribution in [0, 0.1) is 6.92 Å². The summed E-state index contributed by atoms with van der Waals surface area (Å²) < 4.78 is 5.31. The van der Waals surface area contributed by atoms with Crippen molar-refractivity contribution in [1.29, 1.82) is 0 Å². The Hall–Kier alpha value is -2.09. The van der Waals surface area contributed by atoms with Crippen LogP contribution in [0.25, 0.3) is 0 Å². The number of ether oxygens (including phenoxy) is 1. The minimum Gasteiger partial charge on any atom is -0.480 e. The highest BCUT2D eigenvalue weighted by Crippen LogP contribution is 2.22. The standard InChI is InChI=1S/C15H21ClN4O4/c1-9-7-11(18-13(16)17-9)20-6-5-19(8-10(20)12(21)22)14(23)24-15(2,3)4/h7,10H,5-6,8H2,1-4H3,(H,21,22). The summed E-state index contributed by atoms with van der Waals surface area (Å²) in [5.74, 6) is -0.612. The van der Waals surface area contributed by atoms with Gasteiger partial charge >= 0.3 is 12.1 Å². The molecule has 0 saturated carbocycles. The summed E-state index contributed by atoms with van der Waals surface area (Å²) in [4.78, 5) is 34.9. The highest BCUT2D eigenvalue weighted by Gasteiger charge is 2.36. The Balaban J connectivity index is 2.20. The van der Waals surface area contributed by atoms with Crippen molar-refractivity contribution < 1.29 is 19.4 Å². The molecule has 1 amide bonds. The van der Waals surface area contributed by atoms with Gasteiger partial charge in [0.15, 0.2) is 0 Å². The first-order chi connectivity index (χ1) is 11.1. The van der Waals surface area contributed by atoms with E-state index in [1.165, 1.54) is 4.90 Å². The SMILES string of the molecule is Cc1cc(N2CCN(C(=O)OC(C)(C)C)CC2C(=O)O)nc(Cl)n1. The predicted octanol–water partition coefficient (Wildman–Crippen LogP) is 1.95. The molecule has 132 valence electrons. The van der Waals surface area contributed by atoms with Crippen LogP contribution in [-0.2, 0) is 9.53 Å². The summed E-state index contributed by atoms with van der Waals surface area (Å²) in [5.41, 5.74) is 0.00763. The Morgan fingerprint density at radius 2 is 2.00 bits per heavy atom. The van der Waals surface area contributed by atoms with E-state index in [-0.39, 0.29) is 11.8 Å². The van der Waals surface area contributed by atoms with Crippen molar-refractivity contribution >= 4 is 29.5 Å². The molecule has 0 radical (unpaired) electrons. The van der Waals surface area contributed by atoms with E-state index in [9.17, 15) is 14.7 Å². The number of anilines is 1. The number of nitrogens with zero attached hydrogens (tertiary/aromatic N) is 4. The van der Waals surface area contributed by atoms with Gasteiger partial charge in [-0.3, -0.25) is 0 Å². The number of carboxylic acids is 1. The van der Waals surface area contributed by atoms with Crippen molar-refractivity contribution in [1.82, 2.24) is 14.9 Å². The van der Waals surface area contributed by atoms with E-state index in [1.54, 1.807) is 38.7 Å².